The second-order valence-corrected chi connectivity index (χ2v) is 6.18. The first kappa shape index (κ1) is 16.3. The van der Waals surface area contributed by atoms with E-state index >= 15 is 0 Å². The van der Waals surface area contributed by atoms with Crippen LogP contribution in [0.5, 0.6) is 0 Å². The van der Waals surface area contributed by atoms with Crippen LogP contribution < -0.4 is 4.90 Å². The Morgan fingerprint density at radius 1 is 1.46 bits per heavy atom. The Morgan fingerprint density at radius 2 is 2.29 bits per heavy atom. The molecule has 1 amide bonds. The van der Waals surface area contributed by atoms with Crippen molar-refractivity contribution in [1.29, 1.82) is 0 Å². The largest absolute Gasteiger partial charge is 0.386 e. The van der Waals surface area contributed by atoms with E-state index < -0.39 is 5.60 Å². The van der Waals surface area contributed by atoms with Crippen molar-refractivity contribution >= 4 is 11.7 Å². The van der Waals surface area contributed by atoms with Crippen molar-refractivity contribution < 1.29 is 9.90 Å². The van der Waals surface area contributed by atoms with E-state index in [0.717, 1.165) is 11.5 Å². The number of hydrogen-bond acceptors (Lipinski definition) is 7. The third-order valence-corrected chi connectivity index (χ3v) is 4.12. The van der Waals surface area contributed by atoms with Crippen LogP contribution in [-0.2, 0) is 0 Å². The van der Waals surface area contributed by atoms with Crippen LogP contribution in [0.4, 0.5) is 5.82 Å². The zero-order chi connectivity index (χ0) is 17.2. The number of rotatable bonds is 4. The molecule has 2 aromatic heterocycles. The number of carbonyl (C=O) groups is 1. The lowest BCUT2D eigenvalue weighted by Crippen LogP contribution is -2.46. The molecule has 1 atom stereocenters. The van der Waals surface area contributed by atoms with E-state index in [-0.39, 0.29) is 18.1 Å². The van der Waals surface area contributed by atoms with E-state index in [2.05, 4.69) is 20.2 Å². The number of anilines is 1. The average Bonchev–Trinajstić information content (AvgIpc) is 2.97. The number of amides is 1. The molecule has 8 heteroatoms. The molecule has 0 radical (unpaired) electrons. The summed E-state index contributed by atoms with van der Waals surface area (Å²) in [6, 6.07) is 5.16. The molecule has 1 fully saturated rings. The first-order valence-electron chi connectivity index (χ1n) is 7.76. The van der Waals surface area contributed by atoms with Gasteiger partial charge < -0.3 is 14.9 Å². The van der Waals surface area contributed by atoms with E-state index in [0.29, 0.717) is 19.5 Å². The highest BCUT2D eigenvalue weighted by Gasteiger charge is 2.38. The fourth-order valence-corrected chi connectivity index (χ4v) is 2.92. The number of β-amino-alcohol motifs (C(OH)–C–C–N with tert-alkyl or cyclic N) is 1. The predicted octanol–water partition coefficient (Wildman–Crippen LogP) is 0.288. The first-order chi connectivity index (χ1) is 11.5. The minimum Gasteiger partial charge on any atom is -0.386 e. The Hall–Kier alpha value is -2.61. The van der Waals surface area contributed by atoms with E-state index in [4.69, 9.17) is 0 Å². The molecule has 1 saturated heterocycles. The van der Waals surface area contributed by atoms with Crippen molar-refractivity contribution in [3.05, 3.63) is 42.1 Å². The van der Waals surface area contributed by atoms with Crippen molar-refractivity contribution in [3.63, 3.8) is 0 Å². The minimum absolute atomic E-state index is 0.225. The number of aliphatic hydroxyl groups is 1. The van der Waals surface area contributed by atoms with Crippen LogP contribution in [-0.4, -0.2) is 68.4 Å². The molecule has 2 aromatic rings. The highest BCUT2D eigenvalue weighted by atomic mass is 16.3. The van der Waals surface area contributed by atoms with Crippen molar-refractivity contribution in [2.24, 2.45) is 0 Å². The standard InChI is InChI=1S/C16H20N6O2/c1-12-8-14(18-11-17-12)22-7-5-16(24,10-22)9-21(2)15(23)13-4-3-6-19-20-13/h3-4,6,8,11,24H,5,7,9-10H2,1-2H3/t16-/m0/s1. The predicted molar refractivity (Wildman–Crippen MR) is 87.5 cm³/mol. The molecule has 1 N–H and O–H groups in total. The van der Waals surface area contributed by atoms with Crippen molar-refractivity contribution in [1.82, 2.24) is 25.1 Å². The molecule has 3 heterocycles. The Kier molecular flexibility index (Phi) is 4.39. The van der Waals surface area contributed by atoms with Gasteiger partial charge in [-0.05, 0) is 25.5 Å². The van der Waals surface area contributed by atoms with Gasteiger partial charge in [0.05, 0.1) is 6.54 Å². The third kappa shape index (κ3) is 3.48. The van der Waals surface area contributed by atoms with Gasteiger partial charge in [-0.1, -0.05) is 0 Å². The van der Waals surface area contributed by atoms with Gasteiger partial charge in [0.25, 0.3) is 5.91 Å². The summed E-state index contributed by atoms with van der Waals surface area (Å²) in [6.07, 6.45) is 3.60. The lowest BCUT2D eigenvalue weighted by molar-refractivity contribution is 0.0261. The van der Waals surface area contributed by atoms with Crippen molar-refractivity contribution in [3.8, 4) is 0 Å². The van der Waals surface area contributed by atoms with Crippen LogP contribution in [0.25, 0.3) is 0 Å². The molecule has 1 aliphatic heterocycles. The van der Waals surface area contributed by atoms with Gasteiger partial charge in [-0.3, -0.25) is 4.79 Å². The normalized spacial score (nSPS) is 20.2. The van der Waals surface area contributed by atoms with Gasteiger partial charge in [-0.2, -0.15) is 5.10 Å². The van der Waals surface area contributed by atoms with E-state index in [1.54, 1.807) is 19.2 Å². The lowest BCUT2D eigenvalue weighted by Gasteiger charge is -2.29. The van der Waals surface area contributed by atoms with Gasteiger partial charge in [-0.15, -0.1) is 5.10 Å². The third-order valence-electron chi connectivity index (χ3n) is 4.12. The molecule has 3 rings (SSSR count). The molecule has 0 aliphatic carbocycles. The van der Waals surface area contributed by atoms with Crippen LogP contribution in [0.1, 0.15) is 22.6 Å². The number of likely N-dealkylation sites (N-methyl/N-ethyl adjacent to an activating group) is 1. The van der Waals surface area contributed by atoms with E-state index in [1.807, 2.05) is 17.9 Å². The average molecular weight is 328 g/mol. The topological polar surface area (TPSA) is 95.3 Å². The fraction of sp³-hybridized carbons (Fsp3) is 0.438. The molecular weight excluding hydrogens is 308 g/mol. The molecule has 0 unspecified atom stereocenters. The Labute approximate surface area is 140 Å². The van der Waals surface area contributed by atoms with Gasteiger partial charge in [0.15, 0.2) is 5.69 Å². The van der Waals surface area contributed by atoms with Gasteiger partial charge >= 0.3 is 0 Å². The van der Waals surface area contributed by atoms with Gasteiger partial charge in [0.2, 0.25) is 0 Å². The molecule has 126 valence electrons. The summed E-state index contributed by atoms with van der Waals surface area (Å²) in [5, 5.41) is 18.4. The molecule has 24 heavy (non-hydrogen) atoms. The lowest BCUT2D eigenvalue weighted by atomic mass is 10.0. The number of hydrogen-bond donors (Lipinski definition) is 1. The van der Waals surface area contributed by atoms with Crippen LogP contribution in [0.15, 0.2) is 30.7 Å². The number of aryl methyl sites for hydroxylation is 1. The van der Waals surface area contributed by atoms with Gasteiger partial charge in [0, 0.05) is 38.1 Å². The molecular formula is C16H20N6O2. The SMILES string of the molecule is Cc1cc(N2CC[C@](O)(CN(C)C(=O)c3cccnn3)C2)ncn1. The zero-order valence-corrected chi connectivity index (χ0v) is 13.8. The molecule has 0 saturated carbocycles. The van der Waals surface area contributed by atoms with Crippen LogP contribution in [0.3, 0.4) is 0 Å². The number of nitrogens with zero attached hydrogens (tertiary/aromatic N) is 6. The smallest absolute Gasteiger partial charge is 0.274 e. The van der Waals surface area contributed by atoms with Crippen molar-refractivity contribution in [2.45, 2.75) is 18.9 Å². The van der Waals surface area contributed by atoms with Gasteiger partial charge in [0.1, 0.15) is 17.7 Å². The summed E-state index contributed by atoms with van der Waals surface area (Å²) in [7, 11) is 1.66. The Morgan fingerprint density at radius 3 is 3.00 bits per heavy atom. The van der Waals surface area contributed by atoms with E-state index in [9.17, 15) is 9.90 Å². The minimum atomic E-state index is -0.981. The van der Waals surface area contributed by atoms with E-state index in [1.165, 1.54) is 17.4 Å². The highest BCUT2D eigenvalue weighted by Crippen LogP contribution is 2.26. The molecule has 0 aromatic carbocycles. The Bertz CT molecular complexity index is 726. The van der Waals surface area contributed by atoms with Gasteiger partial charge in [-0.25, -0.2) is 9.97 Å². The molecule has 0 spiro atoms. The summed E-state index contributed by atoms with van der Waals surface area (Å²) >= 11 is 0. The van der Waals surface area contributed by atoms with Crippen LogP contribution >= 0.6 is 0 Å². The summed E-state index contributed by atoms with van der Waals surface area (Å²) in [4.78, 5) is 24.2. The van der Waals surface area contributed by atoms with Crippen molar-refractivity contribution in [2.75, 3.05) is 31.6 Å². The maximum atomic E-state index is 12.3. The molecule has 0 bridgehead atoms. The first-order valence-corrected chi connectivity index (χ1v) is 7.76. The molecule has 1 aliphatic rings. The maximum Gasteiger partial charge on any atom is 0.274 e. The fourth-order valence-electron chi connectivity index (χ4n) is 2.92. The summed E-state index contributed by atoms with van der Waals surface area (Å²) in [6.45, 7) is 3.23. The summed E-state index contributed by atoms with van der Waals surface area (Å²) < 4.78 is 0. The number of carbonyl (C=O) groups excluding carboxylic acids is 1. The quantitative estimate of drug-likeness (QED) is 0.861. The maximum absolute atomic E-state index is 12.3. The van der Waals surface area contributed by atoms with Crippen LogP contribution in [0.2, 0.25) is 0 Å². The highest BCUT2D eigenvalue weighted by molar-refractivity contribution is 5.91. The monoisotopic (exact) mass is 328 g/mol. The number of aromatic nitrogens is 4. The van der Waals surface area contributed by atoms with Crippen LogP contribution in [0, 0.1) is 6.92 Å². The summed E-state index contributed by atoms with van der Waals surface area (Å²) in [5.74, 6) is 0.536. The zero-order valence-electron chi connectivity index (χ0n) is 13.8. The molecule has 8 nitrogen and oxygen atoms in total. The Balaban J connectivity index is 1.66. The second-order valence-electron chi connectivity index (χ2n) is 6.18. The summed E-state index contributed by atoms with van der Waals surface area (Å²) in [5.41, 5.74) is 0.168. The second kappa shape index (κ2) is 6.48.